The van der Waals surface area contributed by atoms with Gasteiger partial charge in [-0.25, -0.2) is 0 Å². The van der Waals surface area contributed by atoms with E-state index < -0.39 is 11.7 Å². The number of nitrogens with one attached hydrogen (secondary N) is 1. The Morgan fingerprint density at radius 1 is 1.24 bits per heavy atom. The standard InChI is InChI=1S/C15H14N2O4/c1-17-6-2-3-11(17)14(18)15(19)16-8-10-4-5-12-13(7-10)21-9-20-12/h2-7H,8-9H2,1H3,(H,16,19). The van der Waals surface area contributed by atoms with E-state index in [9.17, 15) is 9.59 Å². The van der Waals surface area contributed by atoms with Crippen molar-refractivity contribution in [3.8, 4) is 11.5 Å². The van der Waals surface area contributed by atoms with Crippen LogP contribution in [0.5, 0.6) is 11.5 Å². The summed E-state index contributed by atoms with van der Waals surface area (Å²) in [6.07, 6.45) is 1.72. The maximum Gasteiger partial charge on any atom is 0.294 e. The normalized spacial score (nSPS) is 12.2. The molecular formula is C15H14N2O4. The zero-order chi connectivity index (χ0) is 14.8. The molecule has 0 radical (unpaired) electrons. The first-order valence-electron chi connectivity index (χ1n) is 6.47. The maximum absolute atomic E-state index is 12.0. The summed E-state index contributed by atoms with van der Waals surface area (Å²) >= 11 is 0. The van der Waals surface area contributed by atoms with Crippen molar-refractivity contribution in [3.05, 3.63) is 47.8 Å². The van der Waals surface area contributed by atoms with Crippen molar-refractivity contribution in [1.82, 2.24) is 9.88 Å². The summed E-state index contributed by atoms with van der Waals surface area (Å²) in [5, 5.41) is 2.61. The number of aromatic nitrogens is 1. The predicted molar refractivity (Wildman–Crippen MR) is 74.2 cm³/mol. The molecule has 6 nitrogen and oxygen atoms in total. The molecular weight excluding hydrogens is 272 g/mol. The molecule has 0 aliphatic carbocycles. The van der Waals surface area contributed by atoms with Gasteiger partial charge in [-0.05, 0) is 29.8 Å². The topological polar surface area (TPSA) is 69.6 Å². The molecule has 0 saturated carbocycles. The fourth-order valence-corrected chi connectivity index (χ4v) is 2.13. The number of Topliss-reactive ketones (excluding diaryl/α,β-unsaturated/α-hetero) is 1. The number of ether oxygens (including phenoxy) is 2. The number of fused-ring (bicyclic) bond motifs is 1. The van der Waals surface area contributed by atoms with Gasteiger partial charge in [0.1, 0.15) is 0 Å². The molecule has 2 heterocycles. The van der Waals surface area contributed by atoms with Gasteiger partial charge < -0.3 is 19.4 Å². The van der Waals surface area contributed by atoms with Crippen LogP contribution in [0.1, 0.15) is 16.1 Å². The van der Waals surface area contributed by atoms with Crippen LogP contribution in [-0.4, -0.2) is 23.1 Å². The highest BCUT2D eigenvalue weighted by Gasteiger charge is 2.19. The molecule has 0 atom stereocenters. The monoisotopic (exact) mass is 286 g/mol. The highest BCUT2D eigenvalue weighted by atomic mass is 16.7. The Morgan fingerprint density at radius 2 is 2.05 bits per heavy atom. The van der Waals surface area contributed by atoms with E-state index in [1.807, 2.05) is 6.07 Å². The van der Waals surface area contributed by atoms with Gasteiger partial charge in [0.05, 0.1) is 5.69 Å². The van der Waals surface area contributed by atoms with Gasteiger partial charge in [-0.15, -0.1) is 0 Å². The highest BCUT2D eigenvalue weighted by molar-refractivity contribution is 6.42. The van der Waals surface area contributed by atoms with E-state index >= 15 is 0 Å². The van der Waals surface area contributed by atoms with Crippen molar-refractivity contribution < 1.29 is 19.1 Å². The SMILES string of the molecule is Cn1cccc1C(=O)C(=O)NCc1ccc2c(c1)OCO2. The van der Waals surface area contributed by atoms with Gasteiger partial charge in [0.15, 0.2) is 11.5 Å². The Morgan fingerprint density at radius 3 is 2.81 bits per heavy atom. The van der Waals surface area contributed by atoms with Gasteiger partial charge in [0.25, 0.3) is 11.7 Å². The zero-order valence-corrected chi connectivity index (χ0v) is 11.5. The average Bonchev–Trinajstić information content (AvgIpc) is 3.11. The van der Waals surface area contributed by atoms with E-state index in [0.29, 0.717) is 17.2 Å². The van der Waals surface area contributed by atoms with Gasteiger partial charge in [0, 0.05) is 19.8 Å². The molecule has 21 heavy (non-hydrogen) atoms. The van der Waals surface area contributed by atoms with E-state index in [1.165, 1.54) is 0 Å². The summed E-state index contributed by atoms with van der Waals surface area (Å²) in [7, 11) is 1.72. The highest BCUT2D eigenvalue weighted by Crippen LogP contribution is 2.32. The van der Waals surface area contributed by atoms with Crippen LogP contribution in [0.2, 0.25) is 0 Å². The molecule has 6 heteroatoms. The molecule has 1 aromatic carbocycles. The summed E-state index contributed by atoms with van der Waals surface area (Å²) in [6, 6.07) is 8.72. The van der Waals surface area contributed by atoms with Crippen molar-refractivity contribution in [3.63, 3.8) is 0 Å². The minimum atomic E-state index is -0.630. The van der Waals surface area contributed by atoms with E-state index in [0.717, 1.165) is 5.56 Å². The number of benzene rings is 1. The number of aryl methyl sites for hydroxylation is 1. The van der Waals surface area contributed by atoms with Crippen LogP contribution in [0, 0.1) is 0 Å². The number of hydrogen-bond acceptors (Lipinski definition) is 4. The molecule has 0 saturated heterocycles. The third-order valence-electron chi connectivity index (χ3n) is 3.27. The van der Waals surface area contributed by atoms with Crippen molar-refractivity contribution in [2.24, 2.45) is 7.05 Å². The van der Waals surface area contributed by atoms with E-state index in [1.54, 1.807) is 42.1 Å². The van der Waals surface area contributed by atoms with Gasteiger partial charge >= 0.3 is 0 Å². The third kappa shape index (κ3) is 2.60. The summed E-state index contributed by atoms with van der Waals surface area (Å²) in [5.74, 6) is 0.151. The average molecular weight is 286 g/mol. The van der Waals surface area contributed by atoms with Crippen LogP contribution in [0.25, 0.3) is 0 Å². The van der Waals surface area contributed by atoms with Gasteiger partial charge in [-0.2, -0.15) is 0 Å². The minimum Gasteiger partial charge on any atom is -0.454 e. The van der Waals surface area contributed by atoms with Crippen molar-refractivity contribution >= 4 is 11.7 Å². The number of nitrogens with zero attached hydrogens (tertiary/aromatic N) is 1. The van der Waals surface area contributed by atoms with Crippen LogP contribution in [0.15, 0.2) is 36.5 Å². The van der Waals surface area contributed by atoms with Crippen molar-refractivity contribution in [1.29, 1.82) is 0 Å². The second-order valence-electron chi connectivity index (χ2n) is 4.70. The summed E-state index contributed by atoms with van der Waals surface area (Å²) < 4.78 is 12.1. The van der Waals surface area contributed by atoms with Gasteiger partial charge in [0.2, 0.25) is 6.79 Å². The summed E-state index contributed by atoms with van der Waals surface area (Å²) in [4.78, 5) is 23.8. The predicted octanol–water partition coefficient (Wildman–Crippen LogP) is 1.25. The Bertz CT molecular complexity index is 705. The first kappa shape index (κ1) is 13.2. The molecule has 108 valence electrons. The lowest BCUT2D eigenvalue weighted by Gasteiger charge is -2.06. The maximum atomic E-state index is 12.0. The fraction of sp³-hybridized carbons (Fsp3) is 0.200. The minimum absolute atomic E-state index is 0.205. The van der Waals surface area contributed by atoms with E-state index in [-0.39, 0.29) is 13.3 Å². The molecule has 0 unspecified atom stereocenters. The molecule has 1 amide bonds. The number of rotatable bonds is 4. The molecule has 1 aliphatic heterocycles. The quantitative estimate of drug-likeness (QED) is 0.678. The largest absolute Gasteiger partial charge is 0.454 e. The fourth-order valence-electron chi connectivity index (χ4n) is 2.13. The van der Waals surface area contributed by atoms with Crippen LogP contribution in [0.3, 0.4) is 0 Å². The third-order valence-corrected chi connectivity index (χ3v) is 3.27. The Balaban J connectivity index is 1.64. The zero-order valence-electron chi connectivity index (χ0n) is 11.5. The summed E-state index contributed by atoms with van der Waals surface area (Å²) in [5.41, 5.74) is 1.20. The van der Waals surface area contributed by atoms with Crippen molar-refractivity contribution in [2.45, 2.75) is 6.54 Å². The van der Waals surface area contributed by atoms with Crippen LogP contribution in [-0.2, 0) is 18.4 Å². The van der Waals surface area contributed by atoms with Crippen LogP contribution in [0.4, 0.5) is 0 Å². The van der Waals surface area contributed by atoms with E-state index in [4.69, 9.17) is 9.47 Å². The second kappa shape index (κ2) is 5.32. The van der Waals surface area contributed by atoms with E-state index in [2.05, 4.69) is 5.32 Å². The lowest BCUT2D eigenvalue weighted by molar-refractivity contribution is -0.117. The van der Waals surface area contributed by atoms with Crippen molar-refractivity contribution in [2.75, 3.05) is 6.79 Å². The van der Waals surface area contributed by atoms with Crippen LogP contribution >= 0.6 is 0 Å². The van der Waals surface area contributed by atoms with Crippen LogP contribution < -0.4 is 14.8 Å². The Hall–Kier alpha value is -2.76. The second-order valence-corrected chi connectivity index (χ2v) is 4.70. The molecule has 1 aliphatic rings. The Kier molecular flexibility index (Phi) is 3.35. The number of carbonyl (C=O) groups is 2. The molecule has 1 aromatic heterocycles. The smallest absolute Gasteiger partial charge is 0.294 e. The molecule has 0 bridgehead atoms. The molecule has 0 fully saturated rings. The van der Waals surface area contributed by atoms with Gasteiger partial charge in [-0.3, -0.25) is 9.59 Å². The number of ketones is 1. The first-order chi connectivity index (χ1) is 10.1. The summed E-state index contributed by atoms with van der Waals surface area (Å²) in [6.45, 7) is 0.461. The number of carbonyl (C=O) groups excluding carboxylic acids is 2. The lowest BCUT2D eigenvalue weighted by atomic mass is 10.2. The molecule has 3 rings (SSSR count). The molecule has 0 spiro atoms. The molecule has 2 aromatic rings. The Labute approximate surface area is 121 Å². The number of hydrogen-bond donors (Lipinski definition) is 1. The number of amides is 1. The van der Waals surface area contributed by atoms with Gasteiger partial charge in [-0.1, -0.05) is 6.07 Å². The first-order valence-corrected chi connectivity index (χ1v) is 6.47. The lowest BCUT2D eigenvalue weighted by Crippen LogP contribution is -2.31. The molecule has 1 N–H and O–H groups in total.